The Labute approximate surface area is 132 Å². The third-order valence-corrected chi connectivity index (χ3v) is 4.15. The zero-order valence-corrected chi connectivity index (χ0v) is 12.7. The number of fused-ring (bicyclic) bond motifs is 1. The molecule has 21 heavy (non-hydrogen) atoms. The Bertz CT molecular complexity index is 761. The lowest BCUT2D eigenvalue weighted by atomic mass is 10.1. The Hall–Kier alpha value is -1.85. The van der Waals surface area contributed by atoms with Crippen LogP contribution in [0, 0.1) is 5.82 Å². The molecule has 0 atom stereocenters. The van der Waals surface area contributed by atoms with Crippen LogP contribution in [0.5, 0.6) is 0 Å². The van der Waals surface area contributed by atoms with Gasteiger partial charge in [-0.25, -0.2) is 14.4 Å². The van der Waals surface area contributed by atoms with E-state index in [4.69, 9.17) is 23.8 Å². The molecular formula is C15H11ClFN3S. The molecule has 2 aromatic rings. The molecule has 0 spiro atoms. The summed E-state index contributed by atoms with van der Waals surface area (Å²) in [5.41, 5.74) is 2.66. The molecule has 0 unspecified atom stereocenters. The third kappa shape index (κ3) is 2.54. The van der Waals surface area contributed by atoms with Gasteiger partial charge in [-0.3, -0.25) is 0 Å². The highest BCUT2D eigenvalue weighted by molar-refractivity contribution is 7.81. The van der Waals surface area contributed by atoms with Crippen molar-refractivity contribution < 1.29 is 4.39 Å². The van der Waals surface area contributed by atoms with E-state index in [9.17, 15) is 4.39 Å². The van der Waals surface area contributed by atoms with Gasteiger partial charge in [-0.2, -0.15) is 0 Å². The summed E-state index contributed by atoms with van der Waals surface area (Å²) in [5.74, 6) is 0.262. The van der Waals surface area contributed by atoms with Crippen molar-refractivity contribution in [3.63, 3.8) is 0 Å². The highest BCUT2D eigenvalue weighted by Gasteiger charge is 2.19. The summed E-state index contributed by atoms with van der Waals surface area (Å²) in [6.45, 7) is 0. The van der Waals surface area contributed by atoms with E-state index in [1.54, 1.807) is 23.2 Å². The molecule has 0 amide bonds. The number of benzene rings is 1. The summed E-state index contributed by atoms with van der Waals surface area (Å²) in [4.78, 5) is 10.9. The van der Waals surface area contributed by atoms with Gasteiger partial charge in [-0.1, -0.05) is 23.8 Å². The fraction of sp³-hybridized carbons (Fsp3) is 0.133. The number of hydrogen-bond acceptors (Lipinski definition) is 3. The van der Waals surface area contributed by atoms with Crippen molar-refractivity contribution >= 4 is 46.5 Å². The van der Waals surface area contributed by atoms with E-state index in [2.05, 4.69) is 9.98 Å². The Morgan fingerprint density at radius 2 is 2.19 bits per heavy atom. The molecule has 1 aliphatic rings. The molecular weight excluding hydrogens is 309 g/mol. The first-order chi connectivity index (χ1) is 10.1. The normalized spacial score (nSPS) is 12.3. The van der Waals surface area contributed by atoms with E-state index in [0.717, 1.165) is 23.2 Å². The number of thiocarbonyl (C=S) groups is 1. The standard InChI is InChI=1S/C15H11ClFN3S/c1-20(9-2-3-13(17)12(16)8-9)15(21)11-5-7-19-14-10(11)4-6-18-14/h2-3,5-8H,4H2,1H3. The van der Waals surface area contributed by atoms with Crippen molar-refractivity contribution in [1.29, 1.82) is 0 Å². The molecule has 3 rings (SSSR count). The fourth-order valence-corrected chi connectivity index (χ4v) is 2.68. The van der Waals surface area contributed by atoms with Crippen LogP contribution in [0.1, 0.15) is 11.1 Å². The molecule has 1 aromatic heterocycles. The molecule has 0 N–H and O–H groups in total. The topological polar surface area (TPSA) is 28.5 Å². The van der Waals surface area contributed by atoms with E-state index in [-0.39, 0.29) is 5.02 Å². The van der Waals surface area contributed by atoms with Gasteiger partial charge in [0.25, 0.3) is 0 Å². The summed E-state index contributed by atoms with van der Waals surface area (Å²) >= 11 is 11.4. The maximum absolute atomic E-state index is 13.3. The van der Waals surface area contributed by atoms with Crippen LogP contribution in [0.25, 0.3) is 0 Å². The quantitative estimate of drug-likeness (QED) is 0.785. The molecule has 3 nitrogen and oxygen atoms in total. The largest absolute Gasteiger partial charge is 0.335 e. The van der Waals surface area contributed by atoms with Crippen LogP contribution in [0.3, 0.4) is 0 Å². The first-order valence-electron chi connectivity index (χ1n) is 6.31. The van der Waals surface area contributed by atoms with Gasteiger partial charge in [0.05, 0.1) is 5.02 Å². The number of pyridine rings is 1. The van der Waals surface area contributed by atoms with Gasteiger partial charge in [0.2, 0.25) is 0 Å². The zero-order valence-electron chi connectivity index (χ0n) is 11.2. The first-order valence-corrected chi connectivity index (χ1v) is 7.10. The number of anilines is 1. The number of aromatic nitrogens is 1. The molecule has 1 aliphatic heterocycles. The number of rotatable bonds is 2. The number of halogens is 2. The minimum atomic E-state index is -0.446. The van der Waals surface area contributed by atoms with Crippen LogP contribution in [-0.4, -0.2) is 23.2 Å². The van der Waals surface area contributed by atoms with Crippen molar-refractivity contribution in [3.8, 4) is 0 Å². The Morgan fingerprint density at radius 3 is 2.95 bits per heavy atom. The maximum atomic E-state index is 13.3. The molecule has 0 fully saturated rings. The minimum Gasteiger partial charge on any atom is -0.335 e. The van der Waals surface area contributed by atoms with Gasteiger partial charge in [0.1, 0.15) is 10.8 Å². The van der Waals surface area contributed by atoms with Crippen LogP contribution in [0.15, 0.2) is 35.5 Å². The second-order valence-electron chi connectivity index (χ2n) is 4.64. The SMILES string of the molecule is CN(C(=S)c1ccnc2c1CC=N2)c1ccc(F)c(Cl)c1. The van der Waals surface area contributed by atoms with E-state index in [1.165, 1.54) is 6.07 Å². The second-order valence-corrected chi connectivity index (χ2v) is 5.43. The van der Waals surface area contributed by atoms with Gasteiger partial charge in [0, 0.05) is 42.7 Å². The molecule has 6 heteroatoms. The lowest BCUT2D eigenvalue weighted by molar-refractivity contribution is 0.628. The number of nitrogens with zero attached hydrogens (tertiary/aromatic N) is 3. The van der Waals surface area contributed by atoms with E-state index in [1.807, 2.05) is 19.3 Å². The average Bonchev–Trinajstić information content (AvgIpc) is 2.97. The molecule has 1 aromatic carbocycles. The van der Waals surface area contributed by atoms with E-state index in [0.29, 0.717) is 10.8 Å². The van der Waals surface area contributed by atoms with Crippen LogP contribution < -0.4 is 4.90 Å². The summed E-state index contributed by atoms with van der Waals surface area (Å²) in [5, 5.41) is 0.0745. The van der Waals surface area contributed by atoms with Crippen LogP contribution >= 0.6 is 23.8 Å². The first kappa shape index (κ1) is 14.1. The van der Waals surface area contributed by atoms with E-state index < -0.39 is 5.82 Å². The smallest absolute Gasteiger partial charge is 0.155 e. The highest BCUT2D eigenvalue weighted by Crippen LogP contribution is 2.28. The third-order valence-electron chi connectivity index (χ3n) is 3.37. The average molecular weight is 320 g/mol. The monoisotopic (exact) mass is 319 g/mol. The molecule has 0 saturated heterocycles. The number of aliphatic imine (C=N–C) groups is 1. The van der Waals surface area contributed by atoms with Gasteiger partial charge >= 0.3 is 0 Å². The Morgan fingerprint density at radius 1 is 1.38 bits per heavy atom. The molecule has 0 bridgehead atoms. The fourth-order valence-electron chi connectivity index (χ4n) is 2.21. The van der Waals surface area contributed by atoms with Crippen LogP contribution in [-0.2, 0) is 6.42 Å². The van der Waals surface area contributed by atoms with Gasteiger partial charge in [-0.15, -0.1) is 0 Å². The summed E-state index contributed by atoms with van der Waals surface area (Å²) in [7, 11) is 1.83. The molecule has 2 heterocycles. The molecule has 0 aliphatic carbocycles. The summed E-state index contributed by atoms with van der Waals surface area (Å²) in [6.07, 6.45) is 4.23. The van der Waals surface area contributed by atoms with Gasteiger partial charge in [0.15, 0.2) is 5.82 Å². The van der Waals surface area contributed by atoms with Gasteiger partial charge in [-0.05, 0) is 24.3 Å². The van der Waals surface area contributed by atoms with Crippen molar-refractivity contribution in [2.75, 3.05) is 11.9 Å². The lowest BCUT2D eigenvalue weighted by Crippen LogP contribution is -2.26. The second kappa shape index (κ2) is 5.50. The summed E-state index contributed by atoms with van der Waals surface area (Å²) in [6, 6.07) is 6.40. The lowest BCUT2D eigenvalue weighted by Gasteiger charge is -2.22. The molecule has 0 saturated carbocycles. The van der Waals surface area contributed by atoms with Gasteiger partial charge < -0.3 is 4.90 Å². The van der Waals surface area contributed by atoms with Crippen molar-refractivity contribution in [1.82, 2.24) is 4.98 Å². The van der Waals surface area contributed by atoms with Crippen LogP contribution in [0.2, 0.25) is 5.02 Å². The van der Waals surface area contributed by atoms with Crippen molar-refractivity contribution in [2.45, 2.75) is 6.42 Å². The maximum Gasteiger partial charge on any atom is 0.155 e. The van der Waals surface area contributed by atoms with Crippen molar-refractivity contribution in [2.24, 2.45) is 4.99 Å². The Kier molecular flexibility index (Phi) is 3.69. The Balaban J connectivity index is 1.95. The highest BCUT2D eigenvalue weighted by atomic mass is 35.5. The predicted octanol–water partition coefficient (Wildman–Crippen LogP) is 3.94. The number of hydrogen-bond donors (Lipinski definition) is 0. The van der Waals surface area contributed by atoms with Crippen molar-refractivity contribution in [3.05, 3.63) is 52.4 Å². The summed E-state index contributed by atoms with van der Waals surface area (Å²) < 4.78 is 13.3. The minimum absolute atomic E-state index is 0.0745. The van der Waals surface area contributed by atoms with E-state index >= 15 is 0 Å². The molecule has 0 radical (unpaired) electrons. The molecule has 106 valence electrons. The van der Waals surface area contributed by atoms with Crippen LogP contribution in [0.4, 0.5) is 15.9 Å². The zero-order chi connectivity index (χ0) is 15.0. The predicted molar refractivity (Wildman–Crippen MR) is 87.6 cm³/mol.